The quantitative estimate of drug-likeness (QED) is 0.816. The fraction of sp³-hybridized carbons (Fsp3) is 0.571. The van der Waals surface area contributed by atoms with Crippen molar-refractivity contribution in [3.63, 3.8) is 0 Å². The summed E-state index contributed by atoms with van der Waals surface area (Å²) >= 11 is 0. The first-order valence-electron chi connectivity index (χ1n) is 6.53. The molecule has 1 saturated carbocycles. The SMILES string of the molecule is CCC(Nc1ccc(OC)c(OC(F)F)c1)C1CC1. The van der Waals surface area contributed by atoms with Crippen molar-refractivity contribution in [2.75, 3.05) is 12.4 Å². The van der Waals surface area contributed by atoms with Crippen molar-refractivity contribution < 1.29 is 18.3 Å². The zero-order valence-electron chi connectivity index (χ0n) is 11.2. The van der Waals surface area contributed by atoms with E-state index in [1.54, 1.807) is 12.1 Å². The highest BCUT2D eigenvalue weighted by Gasteiger charge is 2.29. The summed E-state index contributed by atoms with van der Waals surface area (Å²) in [7, 11) is 1.43. The Bertz CT molecular complexity index is 422. The number of methoxy groups -OCH3 is 1. The minimum absolute atomic E-state index is 0.0631. The monoisotopic (exact) mass is 271 g/mol. The summed E-state index contributed by atoms with van der Waals surface area (Å²) in [5.41, 5.74) is 0.787. The molecule has 1 aliphatic carbocycles. The number of hydrogen-bond donors (Lipinski definition) is 1. The second-order valence-corrected chi connectivity index (χ2v) is 4.74. The van der Waals surface area contributed by atoms with Crippen molar-refractivity contribution in [3.05, 3.63) is 18.2 Å². The second-order valence-electron chi connectivity index (χ2n) is 4.74. The Morgan fingerprint density at radius 2 is 2.05 bits per heavy atom. The van der Waals surface area contributed by atoms with E-state index >= 15 is 0 Å². The van der Waals surface area contributed by atoms with Gasteiger partial charge in [0.25, 0.3) is 0 Å². The minimum atomic E-state index is -2.85. The van der Waals surface area contributed by atoms with Crippen LogP contribution in [0.1, 0.15) is 26.2 Å². The van der Waals surface area contributed by atoms with Crippen molar-refractivity contribution >= 4 is 5.69 Å². The first-order valence-corrected chi connectivity index (χ1v) is 6.53. The molecule has 19 heavy (non-hydrogen) atoms. The number of hydrogen-bond acceptors (Lipinski definition) is 3. The van der Waals surface area contributed by atoms with Gasteiger partial charge in [-0.1, -0.05) is 6.92 Å². The molecule has 2 rings (SSSR count). The molecule has 0 saturated heterocycles. The van der Waals surface area contributed by atoms with Gasteiger partial charge in [0.2, 0.25) is 0 Å². The molecule has 1 aromatic rings. The minimum Gasteiger partial charge on any atom is -0.493 e. The van der Waals surface area contributed by atoms with Gasteiger partial charge < -0.3 is 14.8 Å². The normalized spacial score (nSPS) is 16.3. The van der Waals surface area contributed by atoms with Crippen molar-refractivity contribution in [2.45, 2.75) is 38.8 Å². The Balaban J connectivity index is 2.11. The number of nitrogens with one attached hydrogen (secondary N) is 1. The number of ether oxygens (including phenoxy) is 2. The van der Waals surface area contributed by atoms with Gasteiger partial charge in [0, 0.05) is 17.8 Å². The van der Waals surface area contributed by atoms with Crippen LogP contribution in [0, 0.1) is 5.92 Å². The van der Waals surface area contributed by atoms with Gasteiger partial charge >= 0.3 is 6.61 Å². The van der Waals surface area contributed by atoms with E-state index in [1.165, 1.54) is 20.0 Å². The van der Waals surface area contributed by atoms with E-state index in [9.17, 15) is 8.78 Å². The van der Waals surface area contributed by atoms with E-state index in [0.717, 1.165) is 12.1 Å². The van der Waals surface area contributed by atoms with E-state index < -0.39 is 6.61 Å². The third-order valence-electron chi connectivity index (χ3n) is 3.36. The average molecular weight is 271 g/mol. The molecule has 0 heterocycles. The van der Waals surface area contributed by atoms with Crippen LogP contribution in [-0.4, -0.2) is 19.8 Å². The van der Waals surface area contributed by atoms with Crippen molar-refractivity contribution in [3.8, 4) is 11.5 Å². The fourth-order valence-corrected chi connectivity index (χ4v) is 2.22. The molecule has 0 amide bonds. The molecular formula is C14H19F2NO2. The molecule has 5 heteroatoms. The maximum absolute atomic E-state index is 12.3. The standard InChI is InChI=1S/C14H19F2NO2/c1-3-11(9-4-5-9)17-10-6-7-12(18-2)13(8-10)19-14(15)16/h6-9,11,14,17H,3-5H2,1-2H3. The summed E-state index contributed by atoms with van der Waals surface area (Å²) in [6.45, 7) is -0.731. The lowest BCUT2D eigenvalue weighted by atomic mass is 10.1. The third-order valence-corrected chi connectivity index (χ3v) is 3.36. The number of anilines is 1. The van der Waals surface area contributed by atoms with E-state index in [1.807, 2.05) is 6.07 Å². The van der Waals surface area contributed by atoms with Crippen LogP contribution < -0.4 is 14.8 Å². The Morgan fingerprint density at radius 1 is 1.32 bits per heavy atom. The topological polar surface area (TPSA) is 30.5 Å². The van der Waals surface area contributed by atoms with E-state index in [2.05, 4.69) is 17.0 Å². The molecule has 0 bridgehead atoms. The van der Waals surface area contributed by atoms with E-state index in [4.69, 9.17) is 4.74 Å². The van der Waals surface area contributed by atoms with Gasteiger partial charge in [-0.05, 0) is 37.3 Å². The Morgan fingerprint density at radius 3 is 2.58 bits per heavy atom. The van der Waals surface area contributed by atoms with Crippen LogP contribution >= 0.6 is 0 Å². The largest absolute Gasteiger partial charge is 0.493 e. The summed E-state index contributed by atoms with van der Waals surface area (Å²) in [4.78, 5) is 0. The lowest BCUT2D eigenvalue weighted by Gasteiger charge is -2.19. The molecule has 1 atom stereocenters. The molecule has 106 valence electrons. The second kappa shape index (κ2) is 6.08. The highest BCUT2D eigenvalue weighted by molar-refractivity contribution is 5.55. The number of alkyl halides is 2. The molecule has 1 fully saturated rings. The maximum Gasteiger partial charge on any atom is 0.387 e. The summed E-state index contributed by atoms with van der Waals surface area (Å²) in [5, 5.41) is 3.38. The molecule has 3 nitrogen and oxygen atoms in total. The summed E-state index contributed by atoms with van der Waals surface area (Å²) in [6, 6.07) is 5.42. The third kappa shape index (κ3) is 3.72. The van der Waals surface area contributed by atoms with Crippen LogP contribution in [0.3, 0.4) is 0 Å². The molecule has 0 spiro atoms. The number of benzene rings is 1. The average Bonchev–Trinajstić information content (AvgIpc) is 3.20. The number of rotatable bonds is 7. The molecule has 1 aromatic carbocycles. The van der Waals surface area contributed by atoms with Crippen molar-refractivity contribution in [1.82, 2.24) is 0 Å². The van der Waals surface area contributed by atoms with Gasteiger partial charge in [-0.2, -0.15) is 8.78 Å². The Kier molecular flexibility index (Phi) is 4.45. The summed E-state index contributed by atoms with van der Waals surface area (Å²) in [6.07, 6.45) is 3.49. The molecule has 0 aliphatic heterocycles. The number of halogens is 2. The highest BCUT2D eigenvalue weighted by Crippen LogP contribution is 2.37. The van der Waals surface area contributed by atoms with E-state index in [-0.39, 0.29) is 5.75 Å². The van der Waals surface area contributed by atoms with Crippen LogP contribution in [-0.2, 0) is 0 Å². The Labute approximate surface area is 111 Å². The van der Waals surface area contributed by atoms with Crippen LogP contribution in [0.4, 0.5) is 14.5 Å². The smallest absolute Gasteiger partial charge is 0.387 e. The molecule has 0 aromatic heterocycles. The van der Waals surface area contributed by atoms with Crippen LogP contribution in [0.25, 0.3) is 0 Å². The van der Waals surface area contributed by atoms with Gasteiger partial charge in [0.1, 0.15) is 0 Å². The zero-order chi connectivity index (χ0) is 13.8. The molecule has 0 radical (unpaired) electrons. The molecule has 1 aliphatic rings. The summed E-state index contributed by atoms with van der Waals surface area (Å²) < 4.78 is 34.2. The van der Waals surface area contributed by atoms with Gasteiger partial charge in [0.05, 0.1) is 7.11 Å². The van der Waals surface area contributed by atoms with E-state index in [0.29, 0.717) is 17.7 Å². The summed E-state index contributed by atoms with van der Waals surface area (Å²) in [5.74, 6) is 1.07. The van der Waals surface area contributed by atoms with Crippen molar-refractivity contribution in [1.29, 1.82) is 0 Å². The van der Waals surface area contributed by atoms with Gasteiger partial charge in [-0.25, -0.2) is 0 Å². The van der Waals surface area contributed by atoms with Crippen LogP contribution in [0.15, 0.2) is 18.2 Å². The molecular weight excluding hydrogens is 252 g/mol. The zero-order valence-corrected chi connectivity index (χ0v) is 11.2. The lowest BCUT2D eigenvalue weighted by Crippen LogP contribution is -2.20. The Hall–Kier alpha value is -1.52. The molecule has 1 N–H and O–H groups in total. The first kappa shape index (κ1) is 13.9. The van der Waals surface area contributed by atoms with Gasteiger partial charge in [-0.3, -0.25) is 0 Å². The lowest BCUT2D eigenvalue weighted by molar-refractivity contribution is -0.0511. The predicted molar refractivity (Wildman–Crippen MR) is 70.1 cm³/mol. The fourth-order valence-electron chi connectivity index (χ4n) is 2.22. The maximum atomic E-state index is 12.3. The highest BCUT2D eigenvalue weighted by atomic mass is 19.3. The van der Waals surface area contributed by atoms with Crippen molar-refractivity contribution in [2.24, 2.45) is 5.92 Å². The van der Waals surface area contributed by atoms with Crippen LogP contribution in [0.2, 0.25) is 0 Å². The van der Waals surface area contributed by atoms with Gasteiger partial charge in [-0.15, -0.1) is 0 Å². The first-order chi connectivity index (χ1) is 9.13. The molecule has 1 unspecified atom stereocenters. The van der Waals surface area contributed by atoms with Crippen LogP contribution in [0.5, 0.6) is 11.5 Å². The predicted octanol–water partition coefficient (Wildman–Crippen LogP) is 3.90. The van der Waals surface area contributed by atoms with Gasteiger partial charge in [0.15, 0.2) is 11.5 Å².